The van der Waals surface area contributed by atoms with E-state index in [4.69, 9.17) is 0 Å². The fourth-order valence-corrected chi connectivity index (χ4v) is 7.26. The Labute approximate surface area is 313 Å². The highest BCUT2D eigenvalue weighted by Gasteiger charge is 2.43. The summed E-state index contributed by atoms with van der Waals surface area (Å²) in [6.45, 7) is 2.49. The van der Waals surface area contributed by atoms with Crippen molar-refractivity contribution in [3.05, 3.63) is 147 Å². The molecule has 0 radical (unpaired) electrons. The lowest BCUT2D eigenvalue weighted by molar-refractivity contribution is -0.148. The molecule has 1 aliphatic heterocycles. The van der Waals surface area contributed by atoms with Crippen molar-refractivity contribution in [2.24, 2.45) is 0 Å². The second-order valence-corrected chi connectivity index (χ2v) is 14.0. The van der Waals surface area contributed by atoms with Crippen molar-refractivity contribution >= 4 is 28.7 Å². The van der Waals surface area contributed by atoms with Crippen LogP contribution in [0.4, 0.5) is 0 Å². The van der Waals surface area contributed by atoms with Crippen LogP contribution in [0.1, 0.15) is 53.2 Å². The number of phenolic OH excluding ortho intramolecular Hbond substituents is 1. The number of carboxylic acid groups (broad SMARTS) is 1. The number of hydrogen-bond donors (Lipinski definition) is 5. The molecule has 1 saturated heterocycles. The predicted octanol–water partition coefficient (Wildman–Crippen LogP) is 4.71. The van der Waals surface area contributed by atoms with Crippen molar-refractivity contribution in [1.29, 1.82) is 0 Å². The lowest BCUT2D eigenvalue weighted by atomic mass is 9.73. The summed E-state index contributed by atoms with van der Waals surface area (Å²) in [7, 11) is 0. The Kier molecular flexibility index (Phi) is 12.2. The van der Waals surface area contributed by atoms with Gasteiger partial charge in [0, 0.05) is 44.2 Å². The van der Waals surface area contributed by atoms with Gasteiger partial charge in [0.15, 0.2) is 0 Å². The number of benzene rings is 4. The lowest BCUT2D eigenvalue weighted by Crippen LogP contribution is -2.49. The number of carbonyl (C=O) groups is 3. The number of aromatic amines is 1. The number of phenols is 1. The predicted molar refractivity (Wildman–Crippen MR) is 206 cm³/mol. The Balaban J connectivity index is 1.00. The number of rotatable bonds is 15. The van der Waals surface area contributed by atoms with Crippen LogP contribution in [0.5, 0.6) is 5.75 Å². The maximum atomic E-state index is 13.6. The van der Waals surface area contributed by atoms with Gasteiger partial charge in [0.05, 0.1) is 29.9 Å². The van der Waals surface area contributed by atoms with Crippen LogP contribution in [0.2, 0.25) is 0 Å². The van der Waals surface area contributed by atoms with Gasteiger partial charge in [0.1, 0.15) is 5.75 Å². The van der Waals surface area contributed by atoms with E-state index in [0.29, 0.717) is 62.9 Å². The average molecular weight is 731 g/mol. The molecular weight excluding hydrogens is 684 g/mol. The molecule has 280 valence electrons. The molecule has 11 nitrogen and oxygen atoms in total. The van der Waals surface area contributed by atoms with Crippen molar-refractivity contribution in [2.75, 3.05) is 32.7 Å². The second kappa shape index (κ2) is 17.4. The number of amides is 2. The minimum Gasteiger partial charge on any atom is -0.506 e. The molecule has 1 atom stereocenters. The number of aromatic nitrogens is 1. The van der Waals surface area contributed by atoms with Crippen LogP contribution in [-0.2, 0) is 39.2 Å². The normalized spacial score (nSPS) is 14.4. The molecule has 6 rings (SSSR count). The van der Waals surface area contributed by atoms with Crippen molar-refractivity contribution in [3.63, 3.8) is 0 Å². The zero-order valence-electron chi connectivity index (χ0n) is 30.1. The van der Waals surface area contributed by atoms with Crippen LogP contribution in [0.3, 0.4) is 0 Å². The second-order valence-electron chi connectivity index (χ2n) is 14.0. The molecule has 0 bridgehead atoms. The van der Waals surface area contributed by atoms with Gasteiger partial charge in [-0.3, -0.25) is 19.2 Å². The molecular formula is C43H46N4O7. The molecule has 0 saturated carbocycles. The maximum absolute atomic E-state index is 13.6. The molecule has 1 aromatic heterocycles. The van der Waals surface area contributed by atoms with E-state index in [1.807, 2.05) is 89.8 Å². The van der Waals surface area contributed by atoms with Crippen molar-refractivity contribution < 1.29 is 29.7 Å². The number of pyridine rings is 1. The number of aliphatic hydroxyl groups excluding tert-OH is 1. The average Bonchev–Trinajstić information content (AvgIpc) is 3.19. The van der Waals surface area contributed by atoms with Crippen LogP contribution in [-0.4, -0.2) is 80.6 Å². The molecule has 1 unspecified atom stereocenters. The van der Waals surface area contributed by atoms with E-state index < -0.39 is 17.5 Å². The zero-order chi connectivity index (χ0) is 38.1. The minimum atomic E-state index is -0.992. The Bertz CT molecular complexity index is 2110. The third-order valence-corrected chi connectivity index (χ3v) is 10.4. The summed E-state index contributed by atoms with van der Waals surface area (Å²) in [6, 6.07) is 32.6. The molecule has 1 fully saturated rings. The largest absolute Gasteiger partial charge is 0.506 e. The van der Waals surface area contributed by atoms with Gasteiger partial charge in [0.25, 0.3) is 0 Å². The summed E-state index contributed by atoms with van der Waals surface area (Å²) in [6.07, 6.45) is 0.882. The number of carbonyl (C=O) groups excluding carboxylic acids is 2. The van der Waals surface area contributed by atoms with Gasteiger partial charge in [-0.05, 0) is 65.8 Å². The number of aliphatic carboxylic acids is 1. The van der Waals surface area contributed by atoms with E-state index in [2.05, 4.69) is 10.3 Å². The Morgan fingerprint density at radius 2 is 1.46 bits per heavy atom. The highest BCUT2D eigenvalue weighted by Crippen LogP contribution is 2.36. The summed E-state index contributed by atoms with van der Waals surface area (Å²) in [5.41, 5.74) is 2.99. The van der Waals surface area contributed by atoms with Crippen LogP contribution < -0.4 is 10.9 Å². The highest BCUT2D eigenvalue weighted by atomic mass is 16.4. The number of aliphatic hydroxyl groups is 1. The number of fused-ring (bicyclic) bond motifs is 1. The summed E-state index contributed by atoms with van der Waals surface area (Å²) >= 11 is 0. The van der Waals surface area contributed by atoms with Gasteiger partial charge in [-0.1, -0.05) is 91.0 Å². The third-order valence-electron chi connectivity index (χ3n) is 10.4. The fourth-order valence-electron chi connectivity index (χ4n) is 7.26. The third kappa shape index (κ3) is 9.05. The molecule has 2 heterocycles. The Morgan fingerprint density at radius 3 is 2.13 bits per heavy atom. The number of piperidine rings is 1. The van der Waals surface area contributed by atoms with E-state index >= 15 is 0 Å². The van der Waals surface area contributed by atoms with Crippen LogP contribution in [0.25, 0.3) is 10.9 Å². The number of H-pyrrole nitrogens is 1. The summed E-state index contributed by atoms with van der Waals surface area (Å²) in [4.78, 5) is 57.1. The molecule has 2 amide bonds. The lowest BCUT2D eigenvalue weighted by Gasteiger charge is -2.39. The number of carboxylic acids is 1. The standard InChI is InChI=1S/C43H46N4O7/c48-36-18-16-34(35-17-19-38(50)45-41(35)36)37(49)28-44-22-7-23-47(29-32-8-3-1-4-9-32)40(52)27-31-14-12-30(13-15-31)26-39(51)46-24-20-43(21-25-46,42(53)54)33-10-5-2-6-11-33/h1-6,8-19,37,44,48-49H,7,20-29H2,(H,45,50)(H,53,54). The highest BCUT2D eigenvalue weighted by molar-refractivity contribution is 5.87. The van der Waals surface area contributed by atoms with Gasteiger partial charge in [-0.15, -0.1) is 0 Å². The molecule has 4 aromatic carbocycles. The molecule has 1 aliphatic rings. The van der Waals surface area contributed by atoms with Crippen molar-refractivity contribution in [3.8, 4) is 5.75 Å². The number of likely N-dealkylation sites (tertiary alicyclic amines) is 1. The van der Waals surface area contributed by atoms with E-state index in [-0.39, 0.29) is 48.0 Å². The number of aromatic hydroxyl groups is 1. The molecule has 5 N–H and O–H groups in total. The van der Waals surface area contributed by atoms with E-state index in [1.165, 1.54) is 12.1 Å². The van der Waals surface area contributed by atoms with Gasteiger partial charge >= 0.3 is 5.97 Å². The topological polar surface area (TPSA) is 163 Å². The number of hydrogen-bond acceptors (Lipinski definition) is 7. The Hall–Kier alpha value is -5.78. The molecule has 5 aromatic rings. The SMILES string of the molecule is O=C(Cc1ccc(CC(=O)N(CCCNCC(O)c2ccc(O)c3[nH]c(=O)ccc23)Cc2ccccc2)cc1)N1CCC(C(=O)O)(c2ccccc2)CC1. The van der Waals surface area contributed by atoms with Crippen LogP contribution >= 0.6 is 0 Å². The van der Waals surface area contributed by atoms with E-state index in [9.17, 15) is 34.5 Å². The van der Waals surface area contributed by atoms with E-state index in [1.54, 1.807) is 17.0 Å². The molecule has 0 spiro atoms. The van der Waals surface area contributed by atoms with Crippen LogP contribution in [0, 0.1) is 0 Å². The monoisotopic (exact) mass is 730 g/mol. The van der Waals surface area contributed by atoms with Crippen molar-refractivity contribution in [2.45, 2.75) is 50.2 Å². The summed E-state index contributed by atoms with van der Waals surface area (Å²) in [5.74, 6) is -0.999. The molecule has 54 heavy (non-hydrogen) atoms. The smallest absolute Gasteiger partial charge is 0.314 e. The number of nitrogens with zero attached hydrogens (tertiary/aromatic N) is 2. The first-order chi connectivity index (χ1) is 26.1. The first-order valence-electron chi connectivity index (χ1n) is 18.3. The summed E-state index contributed by atoms with van der Waals surface area (Å²) < 4.78 is 0. The fraction of sp³-hybridized carbons (Fsp3) is 0.302. The summed E-state index contributed by atoms with van der Waals surface area (Å²) in [5, 5.41) is 35.0. The van der Waals surface area contributed by atoms with Gasteiger partial charge in [-0.25, -0.2) is 0 Å². The minimum absolute atomic E-state index is 0.0269. The first-order valence-corrected chi connectivity index (χ1v) is 18.3. The first kappa shape index (κ1) is 38.0. The van der Waals surface area contributed by atoms with E-state index in [0.717, 1.165) is 22.3 Å². The Morgan fingerprint density at radius 1 is 0.815 bits per heavy atom. The molecule has 11 heteroatoms. The van der Waals surface area contributed by atoms with Crippen molar-refractivity contribution in [1.82, 2.24) is 20.1 Å². The van der Waals surface area contributed by atoms with Gasteiger partial charge in [0.2, 0.25) is 17.4 Å². The quantitative estimate of drug-likeness (QED) is 0.0969. The number of nitrogens with one attached hydrogen (secondary N) is 2. The zero-order valence-corrected chi connectivity index (χ0v) is 30.1. The molecule has 0 aliphatic carbocycles. The van der Waals surface area contributed by atoms with Gasteiger partial charge < -0.3 is 35.4 Å². The maximum Gasteiger partial charge on any atom is 0.314 e. The van der Waals surface area contributed by atoms with Gasteiger partial charge in [-0.2, -0.15) is 0 Å². The van der Waals surface area contributed by atoms with Crippen LogP contribution in [0.15, 0.2) is 114 Å².